The Balaban J connectivity index is 2.82. The maximum absolute atomic E-state index is 6.00. The maximum atomic E-state index is 6.00. The standard InChI is InChI=1S/C14H16N2/c1-9(2)8-12-13(15)7-6-11-5-4-10(3)16-14(11)12/h4-8H,15H2,1-3H3. The number of rotatable bonds is 1. The van der Waals surface area contributed by atoms with E-state index in [-0.39, 0.29) is 0 Å². The summed E-state index contributed by atoms with van der Waals surface area (Å²) in [5.74, 6) is 0. The van der Waals surface area contributed by atoms with Crippen molar-refractivity contribution < 1.29 is 0 Å². The van der Waals surface area contributed by atoms with Gasteiger partial charge in [-0.1, -0.05) is 23.8 Å². The Morgan fingerprint density at radius 2 is 1.88 bits per heavy atom. The number of nitrogen functional groups attached to an aromatic ring is 1. The van der Waals surface area contributed by atoms with E-state index in [1.165, 1.54) is 5.57 Å². The zero-order chi connectivity index (χ0) is 11.7. The van der Waals surface area contributed by atoms with Crippen LogP contribution in [0.5, 0.6) is 0 Å². The van der Waals surface area contributed by atoms with E-state index in [0.29, 0.717) is 0 Å². The van der Waals surface area contributed by atoms with Crippen LogP contribution in [0.1, 0.15) is 25.1 Å². The highest BCUT2D eigenvalue weighted by atomic mass is 14.7. The van der Waals surface area contributed by atoms with E-state index >= 15 is 0 Å². The molecule has 0 atom stereocenters. The van der Waals surface area contributed by atoms with Crippen molar-refractivity contribution in [3.8, 4) is 0 Å². The van der Waals surface area contributed by atoms with Gasteiger partial charge >= 0.3 is 0 Å². The minimum absolute atomic E-state index is 0.784. The molecule has 2 rings (SSSR count). The number of nitrogens with two attached hydrogens (primary N) is 1. The van der Waals surface area contributed by atoms with Crippen LogP contribution in [-0.2, 0) is 0 Å². The fourth-order valence-corrected chi connectivity index (χ4v) is 1.76. The number of anilines is 1. The number of hydrogen-bond acceptors (Lipinski definition) is 2. The van der Waals surface area contributed by atoms with Crippen LogP contribution in [0.2, 0.25) is 0 Å². The first-order valence-electron chi connectivity index (χ1n) is 5.38. The number of aromatic nitrogens is 1. The van der Waals surface area contributed by atoms with Crippen molar-refractivity contribution in [2.75, 3.05) is 5.73 Å². The number of allylic oxidation sites excluding steroid dienone is 1. The van der Waals surface area contributed by atoms with Crippen LogP contribution in [0.25, 0.3) is 17.0 Å². The molecule has 0 aliphatic rings. The van der Waals surface area contributed by atoms with Crippen LogP contribution in [0.15, 0.2) is 29.8 Å². The summed E-state index contributed by atoms with van der Waals surface area (Å²) in [6, 6.07) is 8.05. The van der Waals surface area contributed by atoms with Gasteiger partial charge in [0.2, 0.25) is 0 Å². The fourth-order valence-electron chi connectivity index (χ4n) is 1.76. The molecule has 16 heavy (non-hydrogen) atoms. The van der Waals surface area contributed by atoms with Crippen molar-refractivity contribution in [1.82, 2.24) is 4.98 Å². The highest BCUT2D eigenvalue weighted by molar-refractivity contribution is 5.92. The largest absolute Gasteiger partial charge is 0.398 e. The Labute approximate surface area is 95.8 Å². The van der Waals surface area contributed by atoms with Crippen LogP contribution in [-0.4, -0.2) is 4.98 Å². The first kappa shape index (κ1) is 10.7. The quantitative estimate of drug-likeness (QED) is 0.734. The number of hydrogen-bond donors (Lipinski definition) is 1. The van der Waals surface area contributed by atoms with Gasteiger partial charge < -0.3 is 5.73 Å². The molecule has 0 bridgehead atoms. The van der Waals surface area contributed by atoms with Crippen LogP contribution in [0.4, 0.5) is 5.69 Å². The van der Waals surface area contributed by atoms with E-state index in [4.69, 9.17) is 5.73 Å². The van der Waals surface area contributed by atoms with E-state index in [2.05, 4.69) is 31.0 Å². The minimum Gasteiger partial charge on any atom is -0.398 e. The molecular formula is C14H16N2. The second-order valence-electron chi connectivity index (χ2n) is 4.31. The van der Waals surface area contributed by atoms with Crippen molar-refractivity contribution in [3.05, 3.63) is 41.1 Å². The summed E-state index contributed by atoms with van der Waals surface area (Å²) in [4.78, 5) is 4.56. The average molecular weight is 212 g/mol. The third-order valence-corrected chi connectivity index (χ3v) is 2.51. The monoisotopic (exact) mass is 212 g/mol. The molecule has 0 fully saturated rings. The fraction of sp³-hybridized carbons (Fsp3) is 0.214. The van der Waals surface area contributed by atoms with Crippen molar-refractivity contribution in [3.63, 3.8) is 0 Å². The van der Waals surface area contributed by atoms with Crippen molar-refractivity contribution in [2.45, 2.75) is 20.8 Å². The highest BCUT2D eigenvalue weighted by Crippen LogP contribution is 2.25. The Morgan fingerprint density at radius 3 is 2.56 bits per heavy atom. The maximum Gasteiger partial charge on any atom is 0.0798 e. The number of pyridine rings is 1. The van der Waals surface area contributed by atoms with Gasteiger partial charge in [0.1, 0.15) is 0 Å². The summed E-state index contributed by atoms with van der Waals surface area (Å²) in [5.41, 5.74) is 11.0. The molecule has 1 aromatic heterocycles. The Bertz CT molecular complexity index is 559. The number of aryl methyl sites for hydroxylation is 1. The summed E-state index contributed by atoms with van der Waals surface area (Å²) in [5, 5.41) is 1.13. The summed E-state index contributed by atoms with van der Waals surface area (Å²) in [6.45, 7) is 6.12. The molecular weight excluding hydrogens is 196 g/mol. The molecule has 82 valence electrons. The van der Waals surface area contributed by atoms with Gasteiger partial charge in [0.15, 0.2) is 0 Å². The predicted molar refractivity (Wildman–Crippen MR) is 70.2 cm³/mol. The summed E-state index contributed by atoms with van der Waals surface area (Å²) in [7, 11) is 0. The Hall–Kier alpha value is -1.83. The number of fused-ring (bicyclic) bond motifs is 1. The van der Waals surface area contributed by atoms with Gasteiger partial charge in [0, 0.05) is 22.3 Å². The van der Waals surface area contributed by atoms with Gasteiger partial charge in [0.05, 0.1) is 5.52 Å². The van der Waals surface area contributed by atoms with E-state index in [1.807, 2.05) is 25.1 Å². The second kappa shape index (κ2) is 3.97. The van der Waals surface area contributed by atoms with Gasteiger partial charge in [-0.05, 0) is 32.9 Å². The third-order valence-electron chi connectivity index (χ3n) is 2.51. The van der Waals surface area contributed by atoms with Crippen molar-refractivity contribution in [1.29, 1.82) is 0 Å². The van der Waals surface area contributed by atoms with Gasteiger partial charge in [-0.2, -0.15) is 0 Å². The lowest BCUT2D eigenvalue weighted by Gasteiger charge is -2.07. The smallest absolute Gasteiger partial charge is 0.0798 e. The lowest BCUT2D eigenvalue weighted by molar-refractivity contribution is 1.25. The van der Waals surface area contributed by atoms with Crippen LogP contribution in [0.3, 0.4) is 0 Å². The molecule has 1 heterocycles. The molecule has 2 heteroatoms. The number of nitrogens with zero attached hydrogens (tertiary/aromatic N) is 1. The van der Waals surface area contributed by atoms with Crippen molar-refractivity contribution >= 4 is 22.7 Å². The summed E-state index contributed by atoms with van der Waals surface area (Å²) in [6.07, 6.45) is 2.09. The number of benzene rings is 1. The average Bonchev–Trinajstić information content (AvgIpc) is 2.22. The zero-order valence-corrected chi connectivity index (χ0v) is 9.91. The first-order chi connectivity index (χ1) is 7.58. The van der Waals surface area contributed by atoms with E-state index in [0.717, 1.165) is 27.8 Å². The summed E-state index contributed by atoms with van der Waals surface area (Å²) >= 11 is 0. The molecule has 0 amide bonds. The van der Waals surface area contributed by atoms with Gasteiger partial charge in [-0.15, -0.1) is 0 Å². The van der Waals surface area contributed by atoms with E-state index in [9.17, 15) is 0 Å². The van der Waals surface area contributed by atoms with Gasteiger partial charge in [-0.25, -0.2) is 0 Å². The normalized spacial score (nSPS) is 10.4. The van der Waals surface area contributed by atoms with Crippen LogP contribution in [0, 0.1) is 6.92 Å². The molecule has 0 radical (unpaired) electrons. The molecule has 0 aliphatic carbocycles. The molecule has 2 aromatic rings. The van der Waals surface area contributed by atoms with E-state index in [1.54, 1.807) is 0 Å². The lowest BCUT2D eigenvalue weighted by Crippen LogP contribution is -1.94. The Kier molecular flexibility index (Phi) is 2.65. The van der Waals surface area contributed by atoms with Crippen LogP contribution >= 0.6 is 0 Å². The minimum atomic E-state index is 0.784. The van der Waals surface area contributed by atoms with Crippen LogP contribution < -0.4 is 5.73 Å². The summed E-state index contributed by atoms with van der Waals surface area (Å²) < 4.78 is 0. The topological polar surface area (TPSA) is 38.9 Å². The second-order valence-corrected chi connectivity index (χ2v) is 4.31. The van der Waals surface area contributed by atoms with E-state index < -0.39 is 0 Å². The molecule has 2 N–H and O–H groups in total. The van der Waals surface area contributed by atoms with Gasteiger partial charge in [-0.3, -0.25) is 4.98 Å². The highest BCUT2D eigenvalue weighted by Gasteiger charge is 2.04. The SMILES string of the molecule is CC(C)=Cc1c(N)ccc2ccc(C)nc12. The Morgan fingerprint density at radius 1 is 1.19 bits per heavy atom. The molecule has 0 aliphatic heterocycles. The molecule has 0 spiro atoms. The molecule has 2 nitrogen and oxygen atoms in total. The first-order valence-corrected chi connectivity index (χ1v) is 5.38. The lowest BCUT2D eigenvalue weighted by atomic mass is 10.1. The molecule has 0 saturated carbocycles. The predicted octanol–water partition coefficient (Wildman–Crippen LogP) is 3.55. The van der Waals surface area contributed by atoms with Crippen molar-refractivity contribution in [2.24, 2.45) is 0 Å². The molecule has 0 unspecified atom stereocenters. The third kappa shape index (κ3) is 1.91. The zero-order valence-electron chi connectivity index (χ0n) is 9.91. The molecule has 0 saturated heterocycles. The molecule has 1 aromatic carbocycles. The van der Waals surface area contributed by atoms with Gasteiger partial charge in [0.25, 0.3) is 0 Å².